The highest BCUT2D eigenvalue weighted by atomic mass is 35.5. The van der Waals surface area contributed by atoms with E-state index in [4.69, 9.17) is 22.1 Å². The second-order valence-electron chi connectivity index (χ2n) is 3.24. The van der Waals surface area contributed by atoms with Crippen molar-refractivity contribution in [1.29, 1.82) is 0 Å². The minimum Gasteiger partial charge on any atom is -0.397 e. The minimum absolute atomic E-state index is 0.0727. The highest BCUT2D eigenvalue weighted by molar-refractivity contribution is 6.31. The van der Waals surface area contributed by atoms with Crippen molar-refractivity contribution >= 4 is 23.0 Å². The summed E-state index contributed by atoms with van der Waals surface area (Å²) in [5, 5.41) is 0.0727. The molecule has 0 aromatic heterocycles. The molecule has 84 valence electrons. The van der Waals surface area contributed by atoms with Gasteiger partial charge in [0.15, 0.2) is 0 Å². The van der Waals surface area contributed by atoms with Gasteiger partial charge in [0.25, 0.3) is 0 Å². The molecule has 5 heteroatoms. The molecule has 0 fully saturated rings. The summed E-state index contributed by atoms with van der Waals surface area (Å²) in [4.78, 5) is 1.87. The fourth-order valence-electron chi connectivity index (χ4n) is 1.23. The summed E-state index contributed by atoms with van der Waals surface area (Å²) in [6.07, 6.45) is 0. The fraction of sp³-hybridized carbons (Fsp3) is 0.400. The predicted octanol–water partition coefficient (Wildman–Crippen LogP) is 2.14. The van der Waals surface area contributed by atoms with Gasteiger partial charge in [-0.05, 0) is 6.07 Å². The first kappa shape index (κ1) is 12.1. The number of nitrogens with zero attached hydrogens (tertiary/aromatic N) is 1. The van der Waals surface area contributed by atoms with E-state index in [-0.39, 0.29) is 5.02 Å². The third-order valence-corrected chi connectivity index (χ3v) is 2.40. The number of anilines is 2. The molecule has 0 amide bonds. The number of nitrogen functional groups attached to an aromatic ring is 1. The number of hydrogen-bond acceptors (Lipinski definition) is 3. The molecule has 0 saturated carbocycles. The first-order chi connectivity index (χ1) is 7.06. The Labute approximate surface area is 93.6 Å². The monoisotopic (exact) mass is 232 g/mol. The lowest BCUT2D eigenvalue weighted by molar-refractivity contribution is 0.206. The van der Waals surface area contributed by atoms with E-state index < -0.39 is 5.82 Å². The zero-order chi connectivity index (χ0) is 11.4. The van der Waals surface area contributed by atoms with Crippen molar-refractivity contribution in [2.45, 2.75) is 0 Å². The second-order valence-corrected chi connectivity index (χ2v) is 3.65. The van der Waals surface area contributed by atoms with Gasteiger partial charge in [-0.2, -0.15) is 0 Å². The number of benzene rings is 1. The first-order valence-corrected chi connectivity index (χ1v) is 4.88. The Morgan fingerprint density at radius 2 is 2.20 bits per heavy atom. The molecule has 1 aromatic carbocycles. The van der Waals surface area contributed by atoms with E-state index in [2.05, 4.69) is 0 Å². The van der Waals surface area contributed by atoms with Gasteiger partial charge in [0.05, 0.1) is 23.0 Å². The van der Waals surface area contributed by atoms with E-state index in [0.717, 1.165) is 0 Å². The summed E-state index contributed by atoms with van der Waals surface area (Å²) in [6, 6.07) is 2.74. The molecule has 0 radical (unpaired) electrons. The molecule has 0 aliphatic rings. The maximum atomic E-state index is 13.0. The van der Waals surface area contributed by atoms with Crippen LogP contribution in [0.5, 0.6) is 0 Å². The molecule has 0 spiro atoms. The van der Waals surface area contributed by atoms with Crippen LogP contribution in [0.4, 0.5) is 15.8 Å². The van der Waals surface area contributed by atoms with Crippen molar-refractivity contribution in [3.63, 3.8) is 0 Å². The molecule has 1 aromatic rings. The summed E-state index contributed by atoms with van der Waals surface area (Å²) < 4.78 is 18.0. The van der Waals surface area contributed by atoms with Crippen LogP contribution in [0.15, 0.2) is 12.1 Å². The second kappa shape index (κ2) is 5.19. The summed E-state index contributed by atoms with van der Waals surface area (Å²) in [7, 11) is 3.47. The molecule has 3 nitrogen and oxygen atoms in total. The van der Waals surface area contributed by atoms with Crippen LogP contribution in [-0.2, 0) is 4.74 Å². The Kier molecular flexibility index (Phi) is 4.17. The largest absolute Gasteiger partial charge is 0.397 e. The van der Waals surface area contributed by atoms with E-state index in [0.29, 0.717) is 24.5 Å². The Bertz CT molecular complexity index is 346. The lowest BCUT2D eigenvalue weighted by Crippen LogP contribution is -2.23. The molecule has 2 N–H and O–H groups in total. The topological polar surface area (TPSA) is 38.5 Å². The van der Waals surface area contributed by atoms with E-state index in [9.17, 15) is 4.39 Å². The standard InChI is InChI=1S/C10H14ClFN2O/c1-14(3-4-15-2)10-5-7(11)8(12)6-9(10)13/h5-6H,3-4,13H2,1-2H3. The molecule has 0 saturated heterocycles. The van der Waals surface area contributed by atoms with Gasteiger partial charge in [-0.1, -0.05) is 11.6 Å². The molecule has 0 aliphatic heterocycles. The Hall–Kier alpha value is -1.00. The SMILES string of the molecule is COCCN(C)c1cc(Cl)c(F)cc1N. The number of ether oxygens (including phenoxy) is 1. The lowest BCUT2D eigenvalue weighted by atomic mass is 10.2. The lowest BCUT2D eigenvalue weighted by Gasteiger charge is -2.20. The molecule has 0 unspecified atom stereocenters. The molecule has 0 atom stereocenters. The van der Waals surface area contributed by atoms with Crippen LogP contribution >= 0.6 is 11.6 Å². The summed E-state index contributed by atoms with van der Waals surface area (Å²) in [5.74, 6) is -0.502. The summed E-state index contributed by atoms with van der Waals surface area (Å²) in [6.45, 7) is 1.24. The highest BCUT2D eigenvalue weighted by Gasteiger charge is 2.09. The van der Waals surface area contributed by atoms with Gasteiger partial charge in [-0.3, -0.25) is 0 Å². The van der Waals surface area contributed by atoms with Crippen LogP contribution < -0.4 is 10.6 Å². The summed E-state index contributed by atoms with van der Waals surface area (Å²) in [5.41, 5.74) is 6.76. The molecule has 0 bridgehead atoms. The smallest absolute Gasteiger partial charge is 0.143 e. The van der Waals surface area contributed by atoms with E-state index in [1.807, 2.05) is 11.9 Å². The van der Waals surface area contributed by atoms with Crippen LogP contribution in [0.25, 0.3) is 0 Å². The van der Waals surface area contributed by atoms with Gasteiger partial charge in [0.2, 0.25) is 0 Å². The zero-order valence-corrected chi connectivity index (χ0v) is 9.51. The number of likely N-dealkylation sites (N-methyl/N-ethyl adjacent to an activating group) is 1. The number of rotatable bonds is 4. The van der Waals surface area contributed by atoms with Gasteiger partial charge in [0, 0.05) is 26.8 Å². The molecule has 0 aliphatic carbocycles. The van der Waals surface area contributed by atoms with Crippen LogP contribution in [0, 0.1) is 5.82 Å². The maximum Gasteiger partial charge on any atom is 0.143 e. The van der Waals surface area contributed by atoms with Gasteiger partial charge in [0.1, 0.15) is 5.82 Å². The zero-order valence-electron chi connectivity index (χ0n) is 8.76. The first-order valence-electron chi connectivity index (χ1n) is 4.51. The van der Waals surface area contributed by atoms with Crippen molar-refractivity contribution in [1.82, 2.24) is 0 Å². The van der Waals surface area contributed by atoms with E-state index >= 15 is 0 Å². The third kappa shape index (κ3) is 2.97. The number of halogens is 2. The average Bonchev–Trinajstić information content (AvgIpc) is 2.20. The van der Waals surface area contributed by atoms with Crippen molar-refractivity contribution < 1.29 is 9.13 Å². The molecule has 1 rings (SSSR count). The van der Waals surface area contributed by atoms with Crippen LogP contribution in [0.2, 0.25) is 5.02 Å². The number of nitrogens with two attached hydrogens (primary N) is 1. The quantitative estimate of drug-likeness (QED) is 0.809. The Morgan fingerprint density at radius 3 is 2.80 bits per heavy atom. The average molecular weight is 233 g/mol. The van der Waals surface area contributed by atoms with Crippen LogP contribution in [0.1, 0.15) is 0 Å². The van der Waals surface area contributed by atoms with E-state index in [1.165, 1.54) is 12.1 Å². The minimum atomic E-state index is -0.502. The number of hydrogen-bond donors (Lipinski definition) is 1. The van der Waals surface area contributed by atoms with E-state index in [1.54, 1.807) is 7.11 Å². The van der Waals surface area contributed by atoms with Gasteiger partial charge < -0.3 is 15.4 Å². The number of methoxy groups -OCH3 is 1. The highest BCUT2D eigenvalue weighted by Crippen LogP contribution is 2.28. The van der Waals surface area contributed by atoms with Gasteiger partial charge in [-0.15, -0.1) is 0 Å². The van der Waals surface area contributed by atoms with Crippen molar-refractivity contribution in [3.05, 3.63) is 23.0 Å². The molecular weight excluding hydrogens is 219 g/mol. The predicted molar refractivity (Wildman–Crippen MR) is 61.0 cm³/mol. The fourth-order valence-corrected chi connectivity index (χ4v) is 1.39. The van der Waals surface area contributed by atoms with Crippen molar-refractivity contribution in [3.8, 4) is 0 Å². The van der Waals surface area contributed by atoms with Gasteiger partial charge in [-0.25, -0.2) is 4.39 Å². The van der Waals surface area contributed by atoms with Crippen LogP contribution in [-0.4, -0.2) is 27.3 Å². The Morgan fingerprint density at radius 1 is 1.53 bits per heavy atom. The maximum absolute atomic E-state index is 13.0. The van der Waals surface area contributed by atoms with Crippen molar-refractivity contribution in [2.24, 2.45) is 0 Å². The van der Waals surface area contributed by atoms with Gasteiger partial charge >= 0.3 is 0 Å². The van der Waals surface area contributed by atoms with Crippen LogP contribution in [0.3, 0.4) is 0 Å². The molecular formula is C10H14ClFN2O. The molecule has 0 heterocycles. The third-order valence-electron chi connectivity index (χ3n) is 2.11. The Balaban J connectivity index is 2.88. The summed E-state index contributed by atoms with van der Waals surface area (Å²) >= 11 is 5.68. The van der Waals surface area contributed by atoms with Crippen molar-refractivity contribution in [2.75, 3.05) is 37.9 Å². The molecule has 15 heavy (non-hydrogen) atoms. The normalized spacial score (nSPS) is 10.4.